The van der Waals surface area contributed by atoms with E-state index in [1.54, 1.807) is 21.9 Å². The van der Waals surface area contributed by atoms with Crippen molar-refractivity contribution in [1.82, 2.24) is 14.4 Å². The van der Waals surface area contributed by atoms with Gasteiger partial charge in [0.1, 0.15) is 0 Å². The number of carbonyl (C=O) groups excluding carboxylic acids is 3. The largest absolute Gasteiger partial charge is 0.452 e. The minimum Gasteiger partial charge on any atom is -0.452 e. The minimum atomic E-state index is -0.540. The molecule has 1 aromatic heterocycles. The zero-order valence-corrected chi connectivity index (χ0v) is 19.4. The first-order chi connectivity index (χ1) is 16.4. The molecule has 2 heterocycles. The monoisotopic (exact) mass is 460 g/mol. The molecule has 34 heavy (non-hydrogen) atoms. The number of hydrogen-bond acceptors (Lipinski definition) is 4. The number of piperazine rings is 1. The Bertz CT molecular complexity index is 1140. The fourth-order valence-electron chi connectivity index (χ4n) is 4.01. The highest BCUT2D eigenvalue weighted by molar-refractivity contribution is 5.92. The third kappa shape index (κ3) is 5.28. The summed E-state index contributed by atoms with van der Waals surface area (Å²) in [6.07, 6.45) is 0. The number of esters is 1. The van der Waals surface area contributed by atoms with Crippen LogP contribution in [0.4, 0.5) is 10.5 Å². The Balaban J connectivity index is 1.24. The SMILES string of the molecule is Cc1ccc(C)n1-c1ccc(C(=O)OCC(=O)N2CCN(C(=O)Nc3ccccc3)CC2)cc1. The molecule has 0 radical (unpaired) electrons. The molecule has 1 saturated heterocycles. The van der Waals surface area contributed by atoms with Crippen LogP contribution in [0.25, 0.3) is 5.69 Å². The van der Waals surface area contributed by atoms with Crippen molar-refractivity contribution in [3.63, 3.8) is 0 Å². The number of nitrogens with zero attached hydrogens (tertiary/aromatic N) is 3. The summed E-state index contributed by atoms with van der Waals surface area (Å²) in [6.45, 7) is 5.33. The third-order valence-corrected chi connectivity index (χ3v) is 5.90. The lowest BCUT2D eigenvalue weighted by Crippen LogP contribution is -2.52. The number of anilines is 1. The molecule has 8 heteroatoms. The van der Waals surface area contributed by atoms with Gasteiger partial charge in [0.2, 0.25) is 0 Å². The number of rotatable bonds is 5. The van der Waals surface area contributed by atoms with Crippen molar-refractivity contribution in [3.8, 4) is 5.69 Å². The summed E-state index contributed by atoms with van der Waals surface area (Å²) in [6, 6.07) is 20.2. The number of amides is 3. The van der Waals surface area contributed by atoms with Crippen LogP contribution in [-0.2, 0) is 9.53 Å². The number of carbonyl (C=O) groups is 3. The van der Waals surface area contributed by atoms with Crippen molar-refractivity contribution >= 4 is 23.6 Å². The molecule has 2 aromatic carbocycles. The molecule has 1 fully saturated rings. The topological polar surface area (TPSA) is 83.9 Å². The van der Waals surface area contributed by atoms with E-state index in [1.165, 1.54) is 0 Å². The molecule has 0 unspecified atom stereocenters. The lowest BCUT2D eigenvalue weighted by atomic mass is 10.2. The quantitative estimate of drug-likeness (QED) is 0.590. The number of aryl methyl sites for hydroxylation is 2. The van der Waals surface area contributed by atoms with Gasteiger partial charge in [-0.25, -0.2) is 9.59 Å². The first kappa shape index (κ1) is 23.1. The molecule has 0 saturated carbocycles. The molecular formula is C26H28N4O4. The second kappa shape index (κ2) is 10.2. The summed E-state index contributed by atoms with van der Waals surface area (Å²) in [5.74, 6) is -0.812. The third-order valence-electron chi connectivity index (χ3n) is 5.90. The van der Waals surface area contributed by atoms with E-state index < -0.39 is 5.97 Å². The molecule has 3 amide bonds. The smallest absolute Gasteiger partial charge is 0.338 e. The number of hydrogen-bond donors (Lipinski definition) is 1. The Labute approximate surface area is 198 Å². The van der Waals surface area contributed by atoms with Gasteiger partial charge in [0.05, 0.1) is 5.56 Å². The first-order valence-electron chi connectivity index (χ1n) is 11.2. The molecule has 1 aliphatic rings. The number of nitrogens with one attached hydrogen (secondary N) is 1. The number of urea groups is 1. The molecule has 1 N–H and O–H groups in total. The van der Waals surface area contributed by atoms with Gasteiger partial charge in [-0.05, 0) is 62.4 Å². The predicted octanol–water partition coefficient (Wildman–Crippen LogP) is 3.63. The van der Waals surface area contributed by atoms with E-state index in [1.807, 2.05) is 68.4 Å². The van der Waals surface area contributed by atoms with Crippen molar-refractivity contribution < 1.29 is 19.1 Å². The van der Waals surface area contributed by atoms with E-state index in [0.29, 0.717) is 31.7 Å². The first-order valence-corrected chi connectivity index (χ1v) is 11.2. The minimum absolute atomic E-state index is 0.196. The van der Waals surface area contributed by atoms with Crippen LogP contribution in [0.3, 0.4) is 0 Å². The average Bonchev–Trinajstić information content (AvgIpc) is 3.20. The Morgan fingerprint density at radius 3 is 2.00 bits per heavy atom. The molecule has 8 nitrogen and oxygen atoms in total. The van der Waals surface area contributed by atoms with Crippen LogP contribution in [0.15, 0.2) is 66.7 Å². The van der Waals surface area contributed by atoms with Crippen molar-refractivity contribution in [3.05, 3.63) is 83.7 Å². The fraction of sp³-hybridized carbons (Fsp3) is 0.269. The van der Waals surface area contributed by atoms with Gasteiger partial charge in [0.15, 0.2) is 6.61 Å². The van der Waals surface area contributed by atoms with Crippen molar-refractivity contribution in [2.75, 3.05) is 38.1 Å². The van der Waals surface area contributed by atoms with Crippen molar-refractivity contribution in [1.29, 1.82) is 0 Å². The van der Waals surface area contributed by atoms with Gasteiger partial charge in [-0.3, -0.25) is 4.79 Å². The molecular weight excluding hydrogens is 432 g/mol. The Hall–Kier alpha value is -4.07. The molecule has 3 aromatic rings. The summed E-state index contributed by atoms with van der Waals surface area (Å²) in [7, 11) is 0. The maximum Gasteiger partial charge on any atom is 0.338 e. The van der Waals surface area contributed by atoms with Gasteiger partial charge >= 0.3 is 12.0 Å². The summed E-state index contributed by atoms with van der Waals surface area (Å²) in [4.78, 5) is 40.6. The Morgan fingerprint density at radius 1 is 0.794 bits per heavy atom. The maximum absolute atomic E-state index is 12.5. The van der Waals surface area contributed by atoms with Gasteiger partial charge in [-0.2, -0.15) is 0 Å². The van der Waals surface area contributed by atoms with Crippen molar-refractivity contribution in [2.45, 2.75) is 13.8 Å². The lowest BCUT2D eigenvalue weighted by Gasteiger charge is -2.34. The highest BCUT2D eigenvalue weighted by Gasteiger charge is 2.25. The van der Waals surface area contributed by atoms with Crippen LogP contribution in [0.2, 0.25) is 0 Å². The normalized spacial score (nSPS) is 13.5. The highest BCUT2D eigenvalue weighted by atomic mass is 16.5. The van der Waals surface area contributed by atoms with Gasteiger partial charge < -0.3 is 24.4 Å². The molecule has 0 aliphatic carbocycles. The maximum atomic E-state index is 12.5. The van der Waals surface area contributed by atoms with Crippen LogP contribution in [-0.4, -0.2) is 65.1 Å². The molecule has 1 aliphatic heterocycles. The van der Waals surface area contributed by atoms with E-state index in [2.05, 4.69) is 9.88 Å². The van der Waals surface area contributed by atoms with E-state index in [0.717, 1.165) is 22.8 Å². The van der Waals surface area contributed by atoms with Crippen LogP contribution in [0.1, 0.15) is 21.7 Å². The standard InChI is InChI=1S/C26H28N4O4/c1-19-8-9-20(2)30(19)23-12-10-21(11-13-23)25(32)34-18-24(31)28-14-16-29(17-15-28)26(33)27-22-6-4-3-5-7-22/h3-13H,14-18H2,1-2H3,(H,27,33). The molecule has 4 rings (SSSR count). The zero-order valence-electron chi connectivity index (χ0n) is 19.4. The Kier molecular flexibility index (Phi) is 6.96. The fourth-order valence-corrected chi connectivity index (χ4v) is 4.01. The van der Waals surface area contributed by atoms with Gasteiger partial charge in [0.25, 0.3) is 5.91 Å². The second-order valence-corrected chi connectivity index (χ2v) is 8.24. The number of para-hydroxylation sites is 1. The number of benzene rings is 2. The summed E-state index contributed by atoms with van der Waals surface area (Å²) in [5.41, 5.74) is 4.29. The van der Waals surface area contributed by atoms with E-state index in [9.17, 15) is 14.4 Å². The van der Waals surface area contributed by atoms with E-state index in [4.69, 9.17) is 4.74 Å². The van der Waals surface area contributed by atoms with E-state index in [-0.39, 0.29) is 18.5 Å². The lowest BCUT2D eigenvalue weighted by molar-refractivity contribution is -0.135. The van der Waals surface area contributed by atoms with Crippen molar-refractivity contribution in [2.24, 2.45) is 0 Å². The van der Waals surface area contributed by atoms with Crippen LogP contribution >= 0.6 is 0 Å². The average molecular weight is 461 g/mol. The van der Waals surface area contributed by atoms with Gasteiger partial charge in [-0.1, -0.05) is 18.2 Å². The molecule has 176 valence electrons. The van der Waals surface area contributed by atoms with Gasteiger partial charge in [-0.15, -0.1) is 0 Å². The van der Waals surface area contributed by atoms with E-state index >= 15 is 0 Å². The number of ether oxygens (including phenoxy) is 1. The highest BCUT2D eigenvalue weighted by Crippen LogP contribution is 2.17. The molecule has 0 spiro atoms. The summed E-state index contributed by atoms with van der Waals surface area (Å²) in [5, 5.41) is 2.85. The van der Waals surface area contributed by atoms with Crippen LogP contribution in [0.5, 0.6) is 0 Å². The molecule has 0 atom stereocenters. The van der Waals surface area contributed by atoms with Crippen LogP contribution in [0, 0.1) is 13.8 Å². The van der Waals surface area contributed by atoms with Crippen LogP contribution < -0.4 is 5.32 Å². The number of aromatic nitrogens is 1. The zero-order chi connectivity index (χ0) is 24.1. The molecule has 0 bridgehead atoms. The predicted molar refractivity (Wildman–Crippen MR) is 129 cm³/mol. The Morgan fingerprint density at radius 2 is 1.38 bits per heavy atom. The van der Waals surface area contributed by atoms with Gasteiger partial charge in [0, 0.05) is 48.9 Å². The summed E-state index contributed by atoms with van der Waals surface area (Å²) >= 11 is 0. The second-order valence-electron chi connectivity index (χ2n) is 8.24. The summed E-state index contributed by atoms with van der Waals surface area (Å²) < 4.78 is 7.34.